The fourth-order valence-electron chi connectivity index (χ4n) is 2.58. The Labute approximate surface area is 110 Å². The Morgan fingerprint density at radius 1 is 1.05 bits per heavy atom. The van der Waals surface area contributed by atoms with Gasteiger partial charge in [0, 0.05) is 12.1 Å². The molecular weight excluding hydrogens is 256 g/mol. The zero-order valence-electron chi connectivity index (χ0n) is 10.5. The van der Waals surface area contributed by atoms with E-state index >= 15 is 0 Å². The number of aliphatic hydroxyl groups is 4. The van der Waals surface area contributed by atoms with E-state index in [0.29, 0.717) is 12.8 Å². The Morgan fingerprint density at radius 2 is 1.74 bits per heavy atom. The first-order valence-electron chi connectivity index (χ1n) is 6.41. The molecule has 1 saturated carbocycles. The summed E-state index contributed by atoms with van der Waals surface area (Å²) in [6, 6.07) is -0.327. The average Bonchev–Trinajstić information content (AvgIpc) is 2.68. The summed E-state index contributed by atoms with van der Waals surface area (Å²) in [6.45, 7) is -0.485. The minimum absolute atomic E-state index is 0.0649. The maximum atomic E-state index is 9.82. The largest absolute Gasteiger partial charge is 0.394 e. The van der Waals surface area contributed by atoms with Crippen LogP contribution in [0.15, 0.2) is 0 Å². The van der Waals surface area contributed by atoms with Gasteiger partial charge in [0.25, 0.3) is 0 Å². The molecule has 1 aliphatic carbocycles. The highest BCUT2D eigenvalue weighted by atomic mass is 16.7. The number of rotatable bonds is 3. The highest BCUT2D eigenvalue weighted by Gasteiger charge is 2.46. The molecular formula is C11H22N2O6. The van der Waals surface area contributed by atoms with Crippen molar-refractivity contribution < 1.29 is 29.9 Å². The van der Waals surface area contributed by atoms with Gasteiger partial charge in [-0.3, -0.25) is 0 Å². The lowest BCUT2D eigenvalue weighted by molar-refractivity contribution is -0.311. The molecule has 112 valence electrons. The van der Waals surface area contributed by atoms with Crippen LogP contribution < -0.4 is 11.5 Å². The summed E-state index contributed by atoms with van der Waals surface area (Å²) < 4.78 is 10.8. The molecule has 2 rings (SSSR count). The number of nitrogens with two attached hydrogens (primary N) is 2. The van der Waals surface area contributed by atoms with Crippen molar-refractivity contribution in [2.24, 2.45) is 11.5 Å². The summed E-state index contributed by atoms with van der Waals surface area (Å²) in [6.07, 6.45) is -5.58. The smallest absolute Gasteiger partial charge is 0.187 e. The summed E-state index contributed by atoms with van der Waals surface area (Å²) in [5.74, 6) is 0. The Bertz CT molecular complexity index is 305. The SMILES string of the molecule is N[C@H]1C[C@H](OC2O[C@H](CO)[C@@H](O)[C@H](O)[C@H]2O)[C@@H](N)C1. The molecule has 0 aromatic heterocycles. The lowest BCUT2D eigenvalue weighted by Gasteiger charge is -2.40. The van der Waals surface area contributed by atoms with Crippen molar-refractivity contribution in [3.8, 4) is 0 Å². The van der Waals surface area contributed by atoms with Crippen LogP contribution in [0.4, 0.5) is 0 Å². The first-order valence-corrected chi connectivity index (χ1v) is 6.41. The van der Waals surface area contributed by atoms with E-state index in [4.69, 9.17) is 26.0 Å². The zero-order valence-corrected chi connectivity index (χ0v) is 10.5. The number of ether oxygens (including phenoxy) is 2. The van der Waals surface area contributed by atoms with Gasteiger partial charge in [0.05, 0.1) is 12.7 Å². The van der Waals surface area contributed by atoms with Gasteiger partial charge in [0.2, 0.25) is 0 Å². The van der Waals surface area contributed by atoms with Gasteiger partial charge in [0.1, 0.15) is 24.4 Å². The van der Waals surface area contributed by atoms with Crippen molar-refractivity contribution in [2.75, 3.05) is 6.61 Å². The molecule has 0 radical (unpaired) electrons. The molecule has 2 aliphatic rings. The minimum Gasteiger partial charge on any atom is -0.394 e. The van der Waals surface area contributed by atoms with Crippen LogP contribution in [0.2, 0.25) is 0 Å². The van der Waals surface area contributed by atoms with Gasteiger partial charge in [0.15, 0.2) is 6.29 Å². The first kappa shape index (κ1) is 15.1. The molecule has 8 N–H and O–H groups in total. The molecule has 8 nitrogen and oxygen atoms in total. The molecule has 0 amide bonds. The van der Waals surface area contributed by atoms with Crippen molar-refractivity contribution in [2.45, 2.75) is 61.7 Å². The average molecular weight is 278 g/mol. The predicted molar refractivity (Wildman–Crippen MR) is 63.8 cm³/mol. The summed E-state index contributed by atoms with van der Waals surface area (Å²) in [4.78, 5) is 0. The highest BCUT2D eigenvalue weighted by molar-refractivity contribution is 4.93. The monoisotopic (exact) mass is 278 g/mol. The van der Waals surface area contributed by atoms with Gasteiger partial charge in [-0.05, 0) is 12.8 Å². The van der Waals surface area contributed by atoms with Crippen LogP contribution in [0.1, 0.15) is 12.8 Å². The lowest BCUT2D eigenvalue weighted by Crippen LogP contribution is -2.60. The quantitative estimate of drug-likeness (QED) is 0.313. The van der Waals surface area contributed by atoms with Gasteiger partial charge >= 0.3 is 0 Å². The predicted octanol–water partition coefficient (Wildman–Crippen LogP) is -3.38. The second-order valence-corrected chi connectivity index (χ2v) is 5.27. The van der Waals surface area contributed by atoms with Crippen molar-refractivity contribution in [1.82, 2.24) is 0 Å². The van der Waals surface area contributed by atoms with Gasteiger partial charge in [-0.2, -0.15) is 0 Å². The fraction of sp³-hybridized carbons (Fsp3) is 1.00. The van der Waals surface area contributed by atoms with Crippen LogP contribution in [-0.2, 0) is 9.47 Å². The Morgan fingerprint density at radius 3 is 2.26 bits per heavy atom. The third-order valence-corrected chi connectivity index (χ3v) is 3.74. The normalized spacial score (nSPS) is 51.5. The molecule has 1 saturated heterocycles. The van der Waals surface area contributed by atoms with Crippen LogP contribution in [0.25, 0.3) is 0 Å². The van der Waals surface area contributed by atoms with Crippen LogP contribution >= 0.6 is 0 Å². The molecule has 1 aliphatic heterocycles. The summed E-state index contributed by atoms with van der Waals surface area (Å²) >= 11 is 0. The van der Waals surface area contributed by atoms with Crippen molar-refractivity contribution in [3.63, 3.8) is 0 Å². The van der Waals surface area contributed by atoms with E-state index in [-0.39, 0.29) is 18.2 Å². The summed E-state index contributed by atoms with van der Waals surface area (Å²) in [7, 11) is 0. The molecule has 0 bridgehead atoms. The van der Waals surface area contributed by atoms with Gasteiger partial charge in [-0.25, -0.2) is 0 Å². The molecule has 1 unspecified atom stereocenters. The minimum atomic E-state index is -1.44. The third kappa shape index (κ3) is 3.06. The highest BCUT2D eigenvalue weighted by Crippen LogP contribution is 2.27. The Balaban J connectivity index is 1.99. The van der Waals surface area contributed by atoms with E-state index in [1.165, 1.54) is 0 Å². The van der Waals surface area contributed by atoms with E-state index in [2.05, 4.69) is 0 Å². The van der Waals surface area contributed by atoms with Crippen molar-refractivity contribution in [3.05, 3.63) is 0 Å². The molecule has 0 aromatic rings. The second kappa shape index (κ2) is 5.98. The molecule has 8 heteroatoms. The first-order chi connectivity index (χ1) is 8.93. The van der Waals surface area contributed by atoms with Crippen LogP contribution in [0.3, 0.4) is 0 Å². The number of aliphatic hydroxyl groups excluding tert-OH is 4. The topological polar surface area (TPSA) is 151 Å². The van der Waals surface area contributed by atoms with Crippen LogP contribution in [0, 0.1) is 0 Å². The molecule has 8 atom stereocenters. The fourth-order valence-corrected chi connectivity index (χ4v) is 2.58. The van der Waals surface area contributed by atoms with E-state index < -0.39 is 37.3 Å². The van der Waals surface area contributed by atoms with E-state index in [0.717, 1.165) is 0 Å². The molecule has 2 fully saturated rings. The summed E-state index contributed by atoms with van der Waals surface area (Å²) in [5.41, 5.74) is 11.6. The molecule has 19 heavy (non-hydrogen) atoms. The van der Waals surface area contributed by atoms with Gasteiger partial charge in [-0.1, -0.05) is 0 Å². The Kier molecular flexibility index (Phi) is 4.75. The molecule has 0 aromatic carbocycles. The number of hydrogen-bond acceptors (Lipinski definition) is 8. The zero-order chi connectivity index (χ0) is 14.2. The molecule has 1 heterocycles. The second-order valence-electron chi connectivity index (χ2n) is 5.27. The summed E-state index contributed by atoms with van der Waals surface area (Å²) in [5, 5.41) is 38.1. The van der Waals surface area contributed by atoms with Crippen molar-refractivity contribution >= 4 is 0 Å². The lowest BCUT2D eigenvalue weighted by atomic mass is 9.99. The molecule has 0 spiro atoms. The van der Waals surface area contributed by atoms with Gasteiger partial charge in [-0.15, -0.1) is 0 Å². The standard InChI is InChI=1S/C11H22N2O6/c12-4-1-5(13)6(2-4)18-11-10(17)9(16)8(15)7(3-14)19-11/h4-11,14-17H,1-3,12-13H2/t4-,5+,6+,7-,8-,9+,10-,11?/m1/s1. The maximum Gasteiger partial charge on any atom is 0.187 e. The third-order valence-electron chi connectivity index (χ3n) is 3.74. The Hall–Kier alpha value is -0.320. The van der Waals surface area contributed by atoms with Crippen LogP contribution in [0.5, 0.6) is 0 Å². The van der Waals surface area contributed by atoms with E-state index in [1.54, 1.807) is 0 Å². The van der Waals surface area contributed by atoms with Crippen molar-refractivity contribution in [1.29, 1.82) is 0 Å². The van der Waals surface area contributed by atoms with E-state index in [1.807, 2.05) is 0 Å². The van der Waals surface area contributed by atoms with Crippen LogP contribution in [-0.4, -0.2) is 75.9 Å². The van der Waals surface area contributed by atoms with E-state index in [9.17, 15) is 15.3 Å². The van der Waals surface area contributed by atoms with Gasteiger partial charge < -0.3 is 41.4 Å². The number of hydrogen-bond donors (Lipinski definition) is 6. The maximum absolute atomic E-state index is 9.82.